The first kappa shape index (κ1) is 15.8. The molecular weight excluding hydrogens is 240 g/mol. The molecular formula is C15H26N2O2. The molecule has 0 aromatic heterocycles. The molecule has 4 heteroatoms. The fourth-order valence-corrected chi connectivity index (χ4v) is 2.02. The van der Waals surface area contributed by atoms with E-state index in [-0.39, 0.29) is 0 Å². The number of methoxy groups -OCH3 is 1. The Kier molecular flexibility index (Phi) is 6.67. The SMILES string of the molecule is CCN(CCCN(C)C)Cc1cc(OC)ccc1O. The Morgan fingerprint density at radius 3 is 2.53 bits per heavy atom. The van der Waals surface area contributed by atoms with Gasteiger partial charge in [0.1, 0.15) is 11.5 Å². The van der Waals surface area contributed by atoms with Gasteiger partial charge < -0.3 is 14.7 Å². The van der Waals surface area contributed by atoms with Gasteiger partial charge >= 0.3 is 0 Å². The number of nitrogens with zero attached hydrogens (tertiary/aromatic N) is 2. The smallest absolute Gasteiger partial charge is 0.120 e. The molecule has 0 saturated carbocycles. The molecule has 1 N–H and O–H groups in total. The van der Waals surface area contributed by atoms with E-state index in [1.54, 1.807) is 19.2 Å². The summed E-state index contributed by atoms with van der Waals surface area (Å²) in [6, 6.07) is 5.38. The van der Waals surface area contributed by atoms with Crippen molar-refractivity contribution in [1.82, 2.24) is 9.80 Å². The fourth-order valence-electron chi connectivity index (χ4n) is 2.02. The van der Waals surface area contributed by atoms with E-state index >= 15 is 0 Å². The Balaban J connectivity index is 2.59. The van der Waals surface area contributed by atoms with Crippen LogP contribution in [0, 0.1) is 0 Å². The molecule has 0 spiro atoms. The van der Waals surface area contributed by atoms with Gasteiger partial charge in [0.25, 0.3) is 0 Å². The summed E-state index contributed by atoms with van der Waals surface area (Å²) >= 11 is 0. The third kappa shape index (κ3) is 5.49. The third-order valence-electron chi connectivity index (χ3n) is 3.21. The summed E-state index contributed by atoms with van der Waals surface area (Å²) in [4.78, 5) is 4.52. The summed E-state index contributed by atoms with van der Waals surface area (Å²) in [6.45, 7) is 6.00. The molecule has 19 heavy (non-hydrogen) atoms. The maximum absolute atomic E-state index is 9.90. The lowest BCUT2D eigenvalue weighted by molar-refractivity contribution is 0.256. The summed E-state index contributed by atoms with van der Waals surface area (Å²) in [6.07, 6.45) is 1.13. The summed E-state index contributed by atoms with van der Waals surface area (Å²) < 4.78 is 5.20. The zero-order chi connectivity index (χ0) is 14.3. The molecule has 1 aromatic rings. The first-order valence-corrected chi connectivity index (χ1v) is 6.79. The van der Waals surface area contributed by atoms with Crippen LogP contribution in [0.5, 0.6) is 11.5 Å². The lowest BCUT2D eigenvalue weighted by Crippen LogP contribution is -2.26. The average molecular weight is 266 g/mol. The number of hydrogen-bond donors (Lipinski definition) is 1. The van der Waals surface area contributed by atoms with Crippen LogP contribution in [0.4, 0.5) is 0 Å². The van der Waals surface area contributed by atoms with E-state index < -0.39 is 0 Å². The highest BCUT2D eigenvalue weighted by Crippen LogP contribution is 2.24. The van der Waals surface area contributed by atoms with Crippen LogP contribution >= 0.6 is 0 Å². The second kappa shape index (κ2) is 8.02. The summed E-state index contributed by atoms with van der Waals surface area (Å²) in [7, 11) is 5.82. The van der Waals surface area contributed by atoms with E-state index in [1.165, 1.54) is 0 Å². The number of ether oxygens (including phenoxy) is 1. The van der Waals surface area contributed by atoms with Gasteiger partial charge in [0, 0.05) is 12.1 Å². The van der Waals surface area contributed by atoms with Crippen molar-refractivity contribution < 1.29 is 9.84 Å². The Morgan fingerprint density at radius 1 is 1.21 bits per heavy atom. The molecule has 0 aliphatic heterocycles. The summed E-state index contributed by atoms with van der Waals surface area (Å²) in [5, 5.41) is 9.90. The molecule has 0 atom stereocenters. The van der Waals surface area contributed by atoms with Crippen molar-refractivity contribution in [1.29, 1.82) is 0 Å². The second-order valence-corrected chi connectivity index (χ2v) is 5.02. The molecule has 0 unspecified atom stereocenters. The van der Waals surface area contributed by atoms with Crippen LogP contribution in [0.2, 0.25) is 0 Å². The molecule has 0 saturated heterocycles. The van der Waals surface area contributed by atoms with Crippen LogP contribution in [0.25, 0.3) is 0 Å². The molecule has 0 heterocycles. The van der Waals surface area contributed by atoms with Crippen molar-refractivity contribution in [3.05, 3.63) is 23.8 Å². The van der Waals surface area contributed by atoms with Crippen molar-refractivity contribution in [2.24, 2.45) is 0 Å². The van der Waals surface area contributed by atoms with Crippen molar-refractivity contribution in [2.45, 2.75) is 19.9 Å². The quantitative estimate of drug-likeness (QED) is 0.782. The van der Waals surface area contributed by atoms with E-state index in [0.717, 1.165) is 43.9 Å². The Morgan fingerprint density at radius 2 is 1.95 bits per heavy atom. The number of benzene rings is 1. The summed E-state index contributed by atoms with van der Waals surface area (Å²) in [5.74, 6) is 1.13. The number of aromatic hydroxyl groups is 1. The van der Waals surface area contributed by atoms with Crippen LogP contribution in [0.15, 0.2) is 18.2 Å². The molecule has 108 valence electrons. The lowest BCUT2D eigenvalue weighted by atomic mass is 10.1. The Bertz CT molecular complexity index is 380. The number of phenolic OH excluding ortho intramolecular Hbond substituents is 1. The Hall–Kier alpha value is -1.26. The Labute approximate surface area is 116 Å². The highest BCUT2D eigenvalue weighted by atomic mass is 16.5. The zero-order valence-electron chi connectivity index (χ0n) is 12.5. The minimum Gasteiger partial charge on any atom is -0.508 e. The second-order valence-electron chi connectivity index (χ2n) is 5.02. The van der Waals surface area contributed by atoms with Gasteiger partial charge in [-0.3, -0.25) is 4.90 Å². The highest BCUT2D eigenvalue weighted by molar-refractivity contribution is 5.39. The van der Waals surface area contributed by atoms with E-state index in [9.17, 15) is 5.11 Å². The first-order valence-electron chi connectivity index (χ1n) is 6.79. The zero-order valence-corrected chi connectivity index (χ0v) is 12.5. The largest absolute Gasteiger partial charge is 0.508 e. The molecule has 4 nitrogen and oxygen atoms in total. The van der Waals surface area contributed by atoms with Gasteiger partial charge in [-0.25, -0.2) is 0 Å². The van der Waals surface area contributed by atoms with Crippen LogP contribution in [0.3, 0.4) is 0 Å². The highest BCUT2D eigenvalue weighted by Gasteiger charge is 2.08. The number of hydrogen-bond acceptors (Lipinski definition) is 4. The summed E-state index contributed by atoms with van der Waals surface area (Å²) in [5.41, 5.74) is 0.922. The topological polar surface area (TPSA) is 35.9 Å². The molecule has 0 bridgehead atoms. The molecule has 0 radical (unpaired) electrons. The van der Waals surface area contributed by atoms with Gasteiger partial charge in [-0.15, -0.1) is 0 Å². The lowest BCUT2D eigenvalue weighted by Gasteiger charge is -2.22. The first-order chi connectivity index (χ1) is 9.06. The minimum absolute atomic E-state index is 0.340. The average Bonchev–Trinajstić information content (AvgIpc) is 2.39. The molecule has 1 rings (SSSR count). The molecule has 0 aliphatic rings. The van der Waals surface area contributed by atoms with Crippen molar-refractivity contribution >= 4 is 0 Å². The molecule has 1 aromatic carbocycles. The third-order valence-corrected chi connectivity index (χ3v) is 3.21. The van der Waals surface area contributed by atoms with Crippen LogP contribution in [-0.2, 0) is 6.54 Å². The van der Waals surface area contributed by atoms with Gasteiger partial charge in [0.15, 0.2) is 0 Å². The van der Waals surface area contributed by atoms with E-state index in [1.807, 2.05) is 6.07 Å². The molecule has 0 aliphatic carbocycles. The van der Waals surface area contributed by atoms with Gasteiger partial charge in [-0.2, -0.15) is 0 Å². The fraction of sp³-hybridized carbons (Fsp3) is 0.600. The van der Waals surface area contributed by atoms with Gasteiger partial charge in [-0.05, 0) is 58.3 Å². The standard InChI is InChI=1S/C15H26N2O2/c1-5-17(10-6-9-16(2)3)12-13-11-14(19-4)7-8-15(13)18/h7-8,11,18H,5-6,9-10,12H2,1-4H3. The predicted octanol–water partition coefficient (Wildman–Crippen LogP) is 2.17. The number of phenols is 1. The maximum atomic E-state index is 9.90. The minimum atomic E-state index is 0.340. The van der Waals surface area contributed by atoms with Gasteiger partial charge in [0.2, 0.25) is 0 Å². The van der Waals surface area contributed by atoms with Gasteiger partial charge in [0.05, 0.1) is 7.11 Å². The van der Waals surface area contributed by atoms with Crippen molar-refractivity contribution in [3.63, 3.8) is 0 Å². The van der Waals surface area contributed by atoms with Crippen LogP contribution in [-0.4, -0.2) is 55.7 Å². The van der Waals surface area contributed by atoms with Crippen LogP contribution < -0.4 is 4.74 Å². The molecule has 0 amide bonds. The van der Waals surface area contributed by atoms with E-state index in [0.29, 0.717) is 5.75 Å². The predicted molar refractivity (Wildman–Crippen MR) is 78.8 cm³/mol. The van der Waals surface area contributed by atoms with Crippen molar-refractivity contribution in [2.75, 3.05) is 40.8 Å². The normalized spacial score (nSPS) is 11.3. The molecule has 0 fully saturated rings. The van der Waals surface area contributed by atoms with Crippen LogP contribution in [0.1, 0.15) is 18.9 Å². The monoisotopic (exact) mass is 266 g/mol. The van der Waals surface area contributed by atoms with E-state index in [2.05, 4.69) is 30.8 Å². The number of rotatable bonds is 8. The maximum Gasteiger partial charge on any atom is 0.120 e. The van der Waals surface area contributed by atoms with E-state index in [4.69, 9.17) is 4.74 Å². The van der Waals surface area contributed by atoms with Crippen molar-refractivity contribution in [3.8, 4) is 11.5 Å². The van der Waals surface area contributed by atoms with Gasteiger partial charge in [-0.1, -0.05) is 6.92 Å².